The van der Waals surface area contributed by atoms with Gasteiger partial charge in [-0.05, 0) is 30.5 Å². The van der Waals surface area contributed by atoms with E-state index in [0.717, 1.165) is 24.3 Å². The molecule has 2 fully saturated rings. The number of nitrogen functional groups attached to an aromatic ring is 1. The van der Waals surface area contributed by atoms with E-state index in [1.165, 1.54) is 31.5 Å². The van der Waals surface area contributed by atoms with Crippen LogP contribution in [-0.2, 0) is 6.54 Å². The maximum atomic E-state index is 5.69. The highest BCUT2D eigenvalue weighted by Gasteiger charge is 2.31. The smallest absolute Gasteiger partial charge is 0.0314 e. The van der Waals surface area contributed by atoms with E-state index < -0.39 is 0 Å². The van der Waals surface area contributed by atoms with Crippen LogP contribution in [-0.4, -0.2) is 30.1 Å². The van der Waals surface area contributed by atoms with Gasteiger partial charge in [0.2, 0.25) is 0 Å². The first-order valence-electron chi connectivity index (χ1n) is 6.12. The normalized spacial score (nSPS) is 29.5. The van der Waals surface area contributed by atoms with Gasteiger partial charge in [-0.2, -0.15) is 0 Å². The van der Waals surface area contributed by atoms with Crippen LogP contribution in [0, 0.1) is 0 Å². The number of likely N-dealkylation sites (tertiary alicyclic amines) is 1. The number of nitrogens with zero attached hydrogens (tertiary/aromatic N) is 1. The van der Waals surface area contributed by atoms with E-state index >= 15 is 0 Å². The van der Waals surface area contributed by atoms with Crippen LogP contribution in [0.25, 0.3) is 0 Å². The average Bonchev–Trinajstić information content (AvgIpc) is 2.62. The van der Waals surface area contributed by atoms with Gasteiger partial charge in [-0.1, -0.05) is 12.1 Å². The van der Waals surface area contributed by atoms with E-state index in [0.29, 0.717) is 0 Å². The van der Waals surface area contributed by atoms with Gasteiger partial charge < -0.3 is 11.1 Å². The molecular formula is C13H19N3. The molecule has 0 aromatic heterocycles. The zero-order valence-electron chi connectivity index (χ0n) is 9.52. The molecule has 0 aliphatic carbocycles. The van der Waals surface area contributed by atoms with Gasteiger partial charge in [-0.3, -0.25) is 4.90 Å². The minimum absolute atomic E-state index is 0.729. The van der Waals surface area contributed by atoms with Crippen molar-refractivity contribution in [2.45, 2.75) is 31.5 Å². The maximum Gasteiger partial charge on any atom is 0.0314 e. The van der Waals surface area contributed by atoms with Gasteiger partial charge in [0.15, 0.2) is 0 Å². The van der Waals surface area contributed by atoms with Gasteiger partial charge in [0.25, 0.3) is 0 Å². The van der Waals surface area contributed by atoms with E-state index in [9.17, 15) is 0 Å². The van der Waals surface area contributed by atoms with Crippen molar-refractivity contribution in [2.24, 2.45) is 0 Å². The molecule has 0 radical (unpaired) electrons. The molecule has 0 spiro atoms. The average molecular weight is 217 g/mol. The summed E-state index contributed by atoms with van der Waals surface area (Å²) in [7, 11) is 0. The number of fused-ring (bicyclic) bond motifs is 2. The van der Waals surface area contributed by atoms with Crippen LogP contribution in [0.5, 0.6) is 0 Å². The maximum absolute atomic E-state index is 5.69. The zero-order valence-corrected chi connectivity index (χ0v) is 9.52. The molecule has 2 aliphatic rings. The molecule has 2 heterocycles. The molecule has 2 aliphatic heterocycles. The number of hydrogen-bond acceptors (Lipinski definition) is 3. The third kappa shape index (κ3) is 2.06. The Morgan fingerprint density at radius 2 is 1.75 bits per heavy atom. The molecule has 3 heteroatoms. The van der Waals surface area contributed by atoms with Crippen molar-refractivity contribution in [3.63, 3.8) is 0 Å². The van der Waals surface area contributed by atoms with Gasteiger partial charge in [0, 0.05) is 37.4 Å². The van der Waals surface area contributed by atoms with Crippen LogP contribution in [0.1, 0.15) is 18.4 Å². The summed E-state index contributed by atoms with van der Waals surface area (Å²) < 4.78 is 0. The predicted molar refractivity (Wildman–Crippen MR) is 66.1 cm³/mol. The highest BCUT2D eigenvalue weighted by atomic mass is 15.2. The molecule has 2 atom stereocenters. The van der Waals surface area contributed by atoms with Gasteiger partial charge in [0.1, 0.15) is 0 Å². The van der Waals surface area contributed by atoms with E-state index in [-0.39, 0.29) is 0 Å². The molecule has 0 saturated carbocycles. The van der Waals surface area contributed by atoms with Crippen molar-refractivity contribution in [3.8, 4) is 0 Å². The molecule has 3 N–H and O–H groups in total. The monoisotopic (exact) mass is 217 g/mol. The quantitative estimate of drug-likeness (QED) is 0.732. The van der Waals surface area contributed by atoms with Crippen molar-refractivity contribution in [2.75, 3.05) is 18.8 Å². The van der Waals surface area contributed by atoms with E-state index in [1.807, 2.05) is 12.1 Å². The van der Waals surface area contributed by atoms with E-state index in [4.69, 9.17) is 5.73 Å². The van der Waals surface area contributed by atoms with E-state index in [2.05, 4.69) is 22.3 Å². The summed E-state index contributed by atoms with van der Waals surface area (Å²) in [4.78, 5) is 2.56. The summed E-state index contributed by atoms with van der Waals surface area (Å²) in [6.07, 6.45) is 2.70. The molecule has 1 aromatic rings. The fourth-order valence-electron chi connectivity index (χ4n) is 2.90. The standard InChI is InChI=1S/C13H19N3/c14-11-3-1-10(2-4-11)7-16-8-12-5-6-13(9-16)15-12/h1-4,12-13,15H,5-9,14H2. The van der Waals surface area contributed by atoms with Crippen LogP contribution in [0.4, 0.5) is 5.69 Å². The van der Waals surface area contributed by atoms with Gasteiger partial charge in [0.05, 0.1) is 0 Å². The van der Waals surface area contributed by atoms with Gasteiger partial charge in [-0.15, -0.1) is 0 Å². The first-order chi connectivity index (χ1) is 7.79. The van der Waals surface area contributed by atoms with Crippen molar-refractivity contribution < 1.29 is 0 Å². The zero-order chi connectivity index (χ0) is 11.0. The lowest BCUT2D eigenvalue weighted by atomic mass is 10.1. The Balaban J connectivity index is 1.64. The summed E-state index contributed by atoms with van der Waals surface area (Å²) in [5, 5.41) is 3.65. The third-order valence-electron chi connectivity index (χ3n) is 3.68. The first-order valence-corrected chi connectivity index (χ1v) is 6.12. The number of hydrogen-bond donors (Lipinski definition) is 2. The Bertz CT molecular complexity index is 348. The number of piperazine rings is 1. The summed E-state index contributed by atoms with van der Waals surface area (Å²) in [6, 6.07) is 9.72. The molecule has 2 saturated heterocycles. The van der Waals surface area contributed by atoms with Gasteiger partial charge in [-0.25, -0.2) is 0 Å². The summed E-state index contributed by atoms with van der Waals surface area (Å²) in [6.45, 7) is 3.46. The minimum Gasteiger partial charge on any atom is -0.399 e. The number of anilines is 1. The van der Waals surface area contributed by atoms with Crippen LogP contribution in [0.2, 0.25) is 0 Å². The number of nitrogens with one attached hydrogen (secondary N) is 1. The Hall–Kier alpha value is -1.06. The van der Waals surface area contributed by atoms with Crippen LogP contribution >= 0.6 is 0 Å². The van der Waals surface area contributed by atoms with Crippen molar-refractivity contribution in [3.05, 3.63) is 29.8 Å². The van der Waals surface area contributed by atoms with Crippen LogP contribution in [0.3, 0.4) is 0 Å². The lowest BCUT2D eigenvalue weighted by Gasteiger charge is -2.32. The number of nitrogens with two attached hydrogens (primary N) is 1. The molecule has 2 unspecified atom stereocenters. The van der Waals surface area contributed by atoms with E-state index in [1.54, 1.807) is 0 Å². The molecule has 2 bridgehead atoms. The fraction of sp³-hybridized carbons (Fsp3) is 0.538. The summed E-state index contributed by atoms with van der Waals surface area (Å²) >= 11 is 0. The number of rotatable bonds is 2. The van der Waals surface area contributed by atoms with Crippen molar-refractivity contribution >= 4 is 5.69 Å². The Kier molecular flexibility index (Phi) is 2.58. The number of benzene rings is 1. The molecule has 3 rings (SSSR count). The second kappa shape index (κ2) is 4.07. The summed E-state index contributed by atoms with van der Waals surface area (Å²) in [5.41, 5.74) is 7.91. The SMILES string of the molecule is Nc1ccc(CN2CC3CCC(C2)N3)cc1. The molecular weight excluding hydrogens is 198 g/mol. The molecule has 16 heavy (non-hydrogen) atoms. The van der Waals surface area contributed by atoms with Crippen molar-refractivity contribution in [1.29, 1.82) is 0 Å². The highest BCUT2D eigenvalue weighted by Crippen LogP contribution is 2.21. The largest absolute Gasteiger partial charge is 0.399 e. The lowest BCUT2D eigenvalue weighted by molar-refractivity contribution is 0.189. The fourth-order valence-corrected chi connectivity index (χ4v) is 2.90. The summed E-state index contributed by atoms with van der Waals surface area (Å²) in [5.74, 6) is 0. The van der Waals surface area contributed by atoms with Gasteiger partial charge >= 0.3 is 0 Å². The lowest BCUT2D eigenvalue weighted by Crippen LogP contribution is -2.50. The minimum atomic E-state index is 0.729. The molecule has 0 amide bonds. The second-order valence-corrected chi connectivity index (χ2v) is 5.07. The van der Waals surface area contributed by atoms with Crippen molar-refractivity contribution in [1.82, 2.24) is 10.2 Å². The van der Waals surface area contributed by atoms with Crippen LogP contribution in [0.15, 0.2) is 24.3 Å². The topological polar surface area (TPSA) is 41.3 Å². The predicted octanol–water partition coefficient (Wildman–Crippen LogP) is 1.20. The Morgan fingerprint density at radius 1 is 1.12 bits per heavy atom. The Morgan fingerprint density at radius 3 is 2.38 bits per heavy atom. The first kappa shape index (κ1) is 10.1. The molecule has 86 valence electrons. The molecule has 3 nitrogen and oxygen atoms in total. The second-order valence-electron chi connectivity index (χ2n) is 5.07. The highest BCUT2D eigenvalue weighted by molar-refractivity contribution is 5.39. The van der Waals surface area contributed by atoms with Crippen LogP contribution < -0.4 is 11.1 Å². The third-order valence-corrected chi connectivity index (χ3v) is 3.68. The molecule has 1 aromatic carbocycles. The Labute approximate surface area is 96.6 Å².